The van der Waals surface area contributed by atoms with E-state index in [1.54, 1.807) is 13.8 Å². The lowest BCUT2D eigenvalue weighted by Crippen LogP contribution is -2.57. The molecular formula is C36H50N4O8. The summed E-state index contributed by atoms with van der Waals surface area (Å²) in [4.78, 5) is 64.9. The predicted molar refractivity (Wildman–Crippen MR) is 179 cm³/mol. The molecule has 0 heterocycles. The zero-order valence-corrected chi connectivity index (χ0v) is 28.4. The molecule has 1 saturated carbocycles. The van der Waals surface area contributed by atoms with Crippen molar-refractivity contribution < 1.29 is 38.6 Å². The van der Waals surface area contributed by atoms with Crippen molar-refractivity contribution in [3.8, 4) is 0 Å². The molecule has 0 spiro atoms. The Hall–Kier alpha value is -4.45. The third-order valence-electron chi connectivity index (χ3n) is 8.85. The maximum Gasteiger partial charge on any atom is 0.408 e. The molecule has 5 N–H and O–H groups in total. The lowest BCUT2D eigenvalue weighted by molar-refractivity contribution is -0.146. The van der Waals surface area contributed by atoms with Crippen LogP contribution in [0.25, 0.3) is 0 Å². The average Bonchev–Trinajstić information content (AvgIpc) is 3.42. The van der Waals surface area contributed by atoms with E-state index in [9.17, 15) is 29.1 Å². The van der Waals surface area contributed by atoms with Crippen LogP contribution in [0.3, 0.4) is 0 Å². The van der Waals surface area contributed by atoms with E-state index in [0.29, 0.717) is 19.3 Å². The van der Waals surface area contributed by atoms with Crippen molar-refractivity contribution in [1.82, 2.24) is 21.3 Å². The smallest absolute Gasteiger partial charge is 0.408 e. The van der Waals surface area contributed by atoms with Crippen LogP contribution in [0.2, 0.25) is 0 Å². The number of nitrogens with one attached hydrogen (secondary N) is 4. The fraction of sp³-hybridized carbons (Fsp3) is 0.528. The van der Waals surface area contributed by atoms with Gasteiger partial charge in [-0.25, -0.2) is 9.59 Å². The van der Waals surface area contributed by atoms with Crippen LogP contribution in [0.1, 0.15) is 64.5 Å². The van der Waals surface area contributed by atoms with Crippen molar-refractivity contribution in [1.29, 1.82) is 0 Å². The van der Waals surface area contributed by atoms with E-state index >= 15 is 0 Å². The third-order valence-corrected chi connectivity index (χ3v) is 8.85. The lowest BCUT2D eigenvalue weighted by Gasteiger charge is -2.28. The molecule has 0 aromatic heterocycles. The molecule has 3 rings (SSSR count). The number of ether oxygens (including phenoxy) is 2. The number of amides is 4. The Bertz CT molecular complexity index is 1360. The molecule has 12 nitrogen and oxygen atoms in total. The monoisotopic (exact) mass is 666 g/mol. The normalized spacial score (nSPS) is 19.7. The number of rotatable bonds is 16. The summed E-state index contributed by atoms with van der Waals surface area (Å²) in [5, 5.41) is 22.2. The molecule has 2 aromatic rings. The molecule has 1 aliphatic rings. The molecule has 48 heavy (non-hydrogen) atoms. The molecule has 0 bridgehead atoms. The summed E-state index contributed by atoms with van der Waals surface area (Å²) in [5.41, 5.74) is 1.61. The molecular weight excluding hydrogens is 616 g/mol. The molecule has 7 atom stereocenters. The van der Waals surface area contributed by atoms with Gasteiger partial charge in [0.1, 0.15) is 24.7 Å². The minimum absolute atomic E-state index is 0.0272. The number of carbonyl (C=O) groups is 5. The highest BCUT2D eigenvalue weighted by Gasteiger charge is 2.39. The number of hydrogen-bond donors (Lipinski definition) is 5. The van der Waals surface area contributed by atoms with Crippen LogP contribution < -0.4 is 21.3 Å². The molecule has 2 aromatic carbocycles. The third kappa shape index (κ3) is 11.4. The van der Waals surface area contributed by atoms with Crippen LogP contribution in [-0.4, -0.2) is 72.3 Å². The van der Waals surface area contributed by atoms with Gasteiger partial charge in [0.25, 0.3) is 0 Å². The predicted octanol–water partition coefficient (Wildman–Crippen LogP) is 3.01. The Morgan fingerprint density at radius 3 is 2.04 bits per heavy atom. The maximum absolute atomic E-state index is 13.7. The van der Waals surface area contributed by atoms with Gasteiger partial charge in [-0.05, 0) is 41.7 Å². The molecule has 1 unspecified atom stereocenters. The molecule has 0 saturated heterocycles. The Morgan fingerprint density at radius 1 is 0.833 bits per heavy atom. The summed E-state index contributed by atoms with van der Waals surface area (Å²) < 4.78 is 10.1. The van der Waals surface area contributed by atoms with Gasteiger partial charge in [-0.15, -0.1) is 0 Å². The highest BCUT2D eigenvalue weighted by Crippen LogP contribution is 2.29. The Morgan fingerprint density at radius 2 is 1.46 bits per heavy atom. The fourth-order valence-corrected chi connectivity index (χ4v) is 5.74. The molecule has 1 fully saturated rings. The van der Waals surface area contributed by atoms with Crippen molar-refractivity contribution in [3.63, 3.8) is 0 Å². The highest BCUT2D eigenvalue weighted by atomic mass is 16.5. The minimum atomic E-state index is -1.02. The van der Waals surface area contributed by atoms with Crippen molar-refractivity contribution in [3.05, 3.63) is 71.8 Å². The van der Waals surface area contributed by atoms with Gasteiger partial charge < -0.3 is 35.8 Å². The summed E-state index contributed by atoms with van der Waals surface area (Å²) >= 11 is 0. The molecule has 0 radical (unpaired) electrons. The molecule has 1 aliphatic carbocycles. The van der Waals surface area contributed by atoms with Crippen molar-refractivity contribution >= 4 is 29.8 Å². The second kappa shape index (κ2) is 18.8. The minimum Gasteiger partial charge on any atom is -0.467 e. The first-order valence-electron chi connectivity index (χ1n) is 16.6. The largest absolute Gasteiger partial charge is 0.467 e. The summed E-state index contributed by atoms with van der Waals surface area (Å²) in [6.45, 7) is 7.35. The van der Waals surface area contributed by atoms with Gasteiger partial charge in [0.15, 0.2) is 0 Å². The maximum atomic E-state index is 13.7. The number of hydrogen-bond acceptors (Lipinski definition) is 8. The van der Waals surface area contributed by atoms with Crippen LogP contribution in [0.4, 0.5) is 4.79 Å². The number of aliphatic hydroxyl groups excluding tert-OH is 1. The van der Waals surface area contributed by atoms with Gasteiger partial charge in [-0.3, -0.25) is 14.4 Å². The van der Waals surface area contributed by atoms with Gasteiger partial charge in [0, 0.05) is 12.8 Å². The van der Waals surface area contributed by atoms with E-state index in [1.165, 1.54) is 7.11 Å². The van der Waals surface area contributed by atoms with E-state index in [0.717, 1.165) is 11.1 Å². The first-order chi connectivity index (χ1) is 22.9. The lowest BCUT2D eigenvalue weighted by atomic mass is 9.97. The first kappa shape index (κ1) is 38.0. The standard InChI is InChI=1S/C36H50N4O8/c1-6-23(4)31(40-36(46)48-21-25-15-11-8-12-16-25)34(44)38-28(19-24-13-9-7-10-14-24)33(43)37-27-18-17-26(32(27)42)20-29(41)39-30(22(2)3)35(45)47-5/h7-16,22-23,26-28,30-32,42H,6,17-21H2,1-5H3,(H,37,43)(H,38,44)(H,39,41)(H,40,46)/t23?,26-,27-,28-,30-,31-,32-/m0/s1. The van der Waals surface area contributed by atoms with Gasteiger partial charge in [-0.1, -0.05) is 94.8 Å². The van der Waals surface area contributed by atoms with Crippen LogP contribution in [0.15, 0.2) is 60.7 Å². The molecule has 4 amide bonds. The van der Waals surface area contributed by atoms with Gasteiger partial charge >= 0.3 is 12.1 Å². The molecule has 12 heteroatoms. The number of carbonyl (C=O) groups excluding carboxylic acids is 5. The van der Waals surface area contributed by atoms with Crippen LogP contribution in [0, 0.1) is 17.8 Å². The van der Waals surface area contributed by atoms with E-state index in [1.807, 2.05) is 74.5 Å². The Labute approximate surface area is 282 Å². The number of esters is 1. The topological polar surface area (TPSA) is 172 Å². The van der Waals surface area contributed by atoms with Gasteiger partial charge in [0.2, 0.25) is 17.7 Å². The first-order valence-corrected chi connectivity index (χ1v) is 16.6. The summed E-state index contributed by atoms with van der Waals surface area (Å²) in [6, 6.07) is 14.9. The van der Waals surface area contributed by atoms with Crippen molar-refractivity contribution in [2.75, 3.05) is 7.11 Å². The number of aliphatic hydroxyl groups is 1. The summed E-state index contributed by atoms with van der Waals surface area (Å²) in [7, 11) is 1.26. The Kier molecular flexibility index (Phi) is 14.9. The average molecular weight is 667 g/mol. The number of methoxy groups -OCH3 is 1. The van der Waals surface area contributed by atoms with E-state index in [2.05, 4.69) is 21.3 Å². The van der Waals surface area contributed by atoms with E-state index in [-0.39, 0.29) is 31.3 Å². The number of benzene rings is 2. The number of alkyl carbamates (subject to hydrolysis) is 1. The van der Waals surface area contributed by atoms with E-state index in [4.69, 9.17) is 9.47 Å². The van der Waals surface area contributed by atoms with Crippen LogP contribution >= 0.6 is 0 Å². The fourth-order valence-electron chi connectivity index (χ4n) is 5.74. The van der Waals surface area contributed by atoms with Crippen molar-refractivity contribution in [2.45, 2.75) is 96.7 Å². The Balaban J connectivity index is 1.67. The van der Waals surface area contributed by atoms with Gasteiger partial charge in [0.05, 0.1) is 19.3 Å². The molecule has 0 aliphatic heterocycles. The highest BCUT2D eigenvalue weighted by molar-refractivity contribution is 5.92. The van der Waals surface area contributed by atoms with E-state index < -0.39 is 66.0 Å². The SMILES string of the molecule is CCC(C)[C@H](NC(=O)OCc1ccccc1)C(=O)N[C@@H](Cc1ccccc1)C(=O)N[C@H]1CC[C@@H](CC(=O)N[C@H](C(=O)OC)C(C)C)[C@@H]1O. The van der Waals surface area contributed by atoms with Crippen LogP contribution in [-0.2, 0) is 41.7 Å². The zero-order chi connectivity index (χ0) is 35.2. The molecule has 262 valence electrons. The summed E-state index contributed by atoms with van der Waals surface area (Å²) in [5.74, 6) is -2.87. The van der Waals surface area contributed by atoms with Crippen LogP contribution in [0.5, 0.6) is 0 Å². The summed E-state index contributed by atoms with van der Waals surface area (Å²) in [6.07, 6.45) is -0.149. The quantitative estimate of drug-likeness (QED) is 0.170. The second-order valence-electron chi connectivity index (χ2n) is 12.8. The van der Waals surface area contributed by atoms with Crippen molar-refractivity contribution in [2.24, 2.45) is 17.8 Å². The second-order valence-corrected chi connectivity index (χ2v) is 12.8. The zero-order valence-electron chi connectivity index (χ0n) is 28.4. The van der Waals surface area contributed by atoms with Gasteiger partial charge in [-0.2, -0.15) is 0 Å².